The second-order valence-electron chi connectivity index (χ2n) is 4.92. The van der Waals surface area contributed by atoms with Crippen LogP contribution >= 0.6 is 0 Å². The molecule has 0 bridgehead atoms. The molecule has 0 radical (unpaired) electrons. The Morgan fingerprint density at radius 1 is 1.24 bits per heavy atom. The molecular formula is C15H18N2O4. The molecule has 0 aliphatic carbocycles. The van der Waals surface area contributed by atoms with Gasteiger partial charge in [-0.25, -0.2) is 4.79 Å². The number of rotatable bonds is 4. The third kappa shape index (κ3) is 2.84. The van der Waals surface area contributed by atoms with Gasteiger partial charge in [-0.1, -0.05) is 13.8 Å². The number of H-pyrrole nitrogens is 1. The minimum Gasteiger partial charge on any atom is -0.497 e. The summed E-state index contributed by atoms with van der Waals surface area (Å²) in [7, 11) is 2.86. The maximum absolute atomic E-state index is 11.9. The van der Waals surface area contributed by atoms with Crippen LogP contribution in [0.1, 0.15) is 24.3 Å². The van der Waals surface area contributed by atoms with E-state index in [0.717, 1.165) is 5.39 Å². The summed E-state index contributed by atoms with van der Waals surface area (Å²) < 4.78 is 9.91. The SMILES string of the molecule is COC(=O)c1[nH]c2cc(OC)ccc2c1NC(=O)C(C)C. The molecule has 6 nitrogen and oxygen atoms in total. The maximum atomic E-state index is 11.9. The van der Waals surface area contributed by atoms with Crippen molar-refractivity contribution in [1.82, 2.24) is 4.98 Å². The molecule has 0 saturated carbocycles. The number of amides is 1. The summed E-state index contributed by atoms with van der Waals surface area (Å²) in [6.45, 7) is 3.57. The number of aromatic amines is 1. The molecule has 21 heavy (non-hydrogen) atoms. The summed E-state index contributed by atoms with van der Waals surface area (Å²) in [5.41, 5.74) is 1.33. The Morgan fingerprint density at radius 2 is 1.95 bits per heavy atom. The normalized spacial score (nSPS) is 10.7. The summed E-state index contributed by atoms with van der Waals surface area (Å²) >= 11 is 0. The molecule has 112 valence electrons. The van der Waals surface area contributed by atoms with E-state index in [9.17, 15) is 9.59 Å². The van der Waals surface area contributed by atoms with E-state index in [2.05, 4.69) is 10.3 Å². The van der Waals surface area contributed by atoms with Gasteiger partial charge < -0.3 is 19.8 Å². The number of nitrogens with one attached hydrogen (secondary N) is 2. The number of benzene rings is 1. The maximum Gasteiger partial charge on any atom is 0.356 e. The van der Waals surface area contributed by atoms with Crippen molar-refractivity contribution in [3.8, 4) is 5.75 Å². The van der Waals surface area contributed by atoms with Gasteiger partial charge in [-0.15, -0.1) is 0 Å². The van der Waals surface area contributed by atoms with Gasteiger partial charge in [-0.3, -0.25) is 4.79 Å². The van der Waals surface area contributed by atoms with Crippen molar-refractivity contribution in [3.05, 3.63) is 23.9 Å². The highest BCUT2D eigenvalue weighted by molar-refractivity contribution is 6.11. The van der Waals surface area contributed by atoms with Crippen LogP contribution in [0.25, 0.3) is 10.9 Å². The summed E-state index contributed by atoms with van der Waals surface area (Å²) in [5, 5.41) is 3.50. The van der Waals surface area contributed by atoms with Crippen LogP contribution in [0.2, 0.25) is 0 Å². The van der Waals surface area contributed by atoms with E-state index in [1.807, 2.05) is 0 Å². The molecule has 2 N–H and O–H groups in total. The number of esters is 1. The average molecular weight is 290 g/mol. The largest absolute Gasteiger partial charge is 0.497 e. The molecule has 0 unspecified atom stereocenters. The molecule has 6 heteroatoms. The summed E-state index contributed by atoms with van der Waals surface area (Å²) in [6, 6.07) is 5.31. The van der Waals surface area contributed by atoms with E-state index >= 15 is 0 Å². The number of ether oxygens (including phenoxy) is 2. The van der Waals surface area contributed by atoms with E-state index in [4.69, 9.17) is 9.47 Å². The number of hydrogen-bond donors (Lipinski definition) is 2. The molecule has 0 saturated heterocycles. The molecule has 2 rings (SSSR count). The van der Waals surface area contributed by atoms with Crippen molar-refractivity contribution in [2.24, 2.45) is 5.92 Å². The third-order valence-electron chi connectivity index (χ3n) is 3.17. The Hall–Kier alpha value is -2.50. The quantitative estimate of drug-likeness (QED) is 0.848. The van der Waals surface area contributed by atoms with Crippen LogP contribution in [-0.2, 0) is 9.53 Å². The number of carbonyl (C=O) groups excluding carboxylic acids is 2. The zero-order valence-electron chi connectivity index (χ0n) is 12.4. The fourth-order valence-electron chi connectivity index (χ4n) is 1.96. The predicted molar refractivity (Wildman–Crippen MR) is 79.7 cm³/mol. The van der Waals surface area contributed by atoms with Gasteiger partial charge in [0, 0.05) is 17.4 Å². The van der Waals surface area contributed by atoms with E-state index in [-0.39, 0.29) is 17.5 Å². The fourth-order valence-corrected chi connectivity index (χ4v) is 1.96. The lowest BCUT2D eigenvalue weighted by Crippen LogP contribution is -2.19. The first kappa shape index (κ1) is 14.9. The summed E-state index contributed by atoms with van der Waals surface area (Å²) in [5.74, 6) is -0.248. The number of anilines is 1. The molecule has 0 fully saturated rings. The highest BCUT2D eigenvalue weighted by Gasteiger charge is 2.21. The first-order chi connectivity index (χ1) is 9.97. The minimum atomic E-state index is -0.538. The van der Waals surface area contributed by atoms with Crippen molar-refractivity contribution in [2.75, 3.05) is 19.5 Å². The van der Waals surface area contributed by atoms with Crippen molar-refractivity contribution in [2.45, 2.75) is 13.8 Å². The molecule has 0 atom stereocenters. The number of fused-ring (bicyclic) bond motifs is 1. The number of carbonyl (C=O) groups is 2. The van der Waals surface area contributed by atoms with Gasteiger partial charge in [0.15, 0.2) is 0 Å². The zero-order valence-corrected chi connectivity index (χ0v) is 12.4. The number of hydrogen-bond acceptors (Lipinski definition) is 4. The molecule has 1 aromatic heterocycles. The monoisotopic (exact) mass is 290 g/mol. The van der Waals surface area contributed by atoms with Gasteiger partial charge >= 0.3 is 5.97 Å². The van der Waals surface area contributed by atoms with Crippen LogP contribution < -0.4 is 10.1 Å². The van der Waals surface area contributed by atoms with Crippen LogP contribution in [0.15, 0.2) is 18.2 Å². The van der Waals surface area contributed by atoms with Crippen molar-refractivity contribution >= 4 is 28.5 Å². The van der Waals surface area contributed by atoms with Crippen molar-refractivity contribution in [1.29, 1.82) is 0 Å². The molecule has 0 aliphatic rings. The van der Waals surface area contributed by atoms with Crippen molar-refractivity contribution in [3.63, 3.8) is 0 Å². The van der Waals surface area contributed by atoms with Gasteiger partial charge in [0.2, 0.25) is 5.91 Å². The Bertz CT molecular complexity index is 688. The Balaban J connectivity index is 2.57. The molecule has 0 spiro atoms. The lowest BCUT2D eigenvalue weighted by Gasteiger charge is -2.08. The van der Waals surface area contributed by atoms with E-state index in [1.54, 1.807) is 39.2 Å². The number of aromatic nitrogens is 1. The van der Waals surface area contributed by atoms with Gasteiger partial charge in [-0.2, -0.15) is 0 Å². The molecule has 2 aromatic rings. The van der Waals surface area contributed by atoms with Crippen LogP contribution in [-0.4, -0.2) is 31.1 Å². The van der Waals surface area contributed by atoms with Gasteiger partial charge in [-0.05, 0) is 12.1 Å². The summed E-state index contributed by atoms with van der Waals surface area (Å²) in [4.78, 5) is 26.8. The topological polar surface area (TPSA) is 80.4 Å². The molecule has 0 aliphatic heterocycles. The average Bonchev–Trinajstić information content (AvgIpc) is 2.84. The van der Waals surface area contributed by atoms with Crippen LogP contribution in [0.5, 0.6) is 5.75 Å². The zero-order chi connectivity index (χ0) is 15.6. The lowest BCUT2D eigenvalue weighted by molar-refractivity contribution is -0.118. The Kier molecular flexibility index (Phi) is 4.16. The van der Waals surface area contributed by atoms with Crippen molar-refractivity contribution < 1.29 is 19.1 Å². The van der Waals surface area contributed by atoms with E-state index < -0.39 is 5.97 Å². The first-order valence-corrected chi connectivity index (χ1v) is 6.56. The Morgan fingerprint density at radius 3 is 2.52 bits per heavy atom. The van der Waals surface area contributed by atoms with Crippen LogP contribution in [0.3, 0.4) is 0 Å². The third-order valence-corrected chi connectivity index (χ3v) is 3.17. The second kappa shape index (κ2) is 5.87. The van der Waals surface area contributed by atoms with E-state index in [1.165, 1.54) is 7.11 Å². The second-order valence-corrected chi connectivity index (χ2v) is 4.92. The minimum absolute atomic E-state index is 0.170. The highest BCUT2D eigenvalue weighted by Crippen LogP contribution is 2.31. The van der Waals surface area contributed by atoms with Crippen LogP contribution in [0.4, 0.5) is 5.69 Å². The Labute approximate surface area is 122 Å². The summed E-state index contributed by atoms with van der Waals surface area (Å²) in [6.07, 6.45) is 0. The molecular weight excluding hydrogens is 272 g/mol. The smallest absolute Gasteiger partial charge is 0.356 e. The number of methoxy groups -OCH3 is 2. The molecule has 1 amide bonds. The predicted octanol–water partition coefficient (Wildman–Crippen LogP) is 2.56. The highest BCUT2D eigenvalue weighted by atomic mass is 16.5. The van der Waals surface area contributed by atoms with Crippen LogP contribution in [0, 0.1) is 5.92 Å². The van der Waals surface area contributed by atoms with Gasteiger partial charge in [0.25, 0.3) is 0 Å². The molecule has 1 heterocycles. The van der Waals surface area contributed by atoms with E-state index in [0.29, 0.717) is 17.0 Å². The lowest BCUT2D eigenvalue weighted by atomic mass is 10.1. The first-order valence-electron chi connectivity index (χ1n) is 6.56. The molecule has 1 aromatic carbocycles. The van der Waals surface area contributed by atoms with Gasteiger partial charge in [0.05, 0.1) is 25.4 Å². The fraction of sp³-hybridized carbons (Fsp3) is 0.333. The van der Waals surface area contributed by atoms with Gasteiger partial charge in [0.1, 0.15) is 11.4 Å². The standard InChI is InChI=1S/C15H18N2O4/c1-8(2)14(18)17-12-10-6-5-9(20-3)7-11(10)16-13(12)15(19)21-4/h5-8,16H,1-4H3,(H,17,18).